The first kappa shape index (κ1) is 17.8. The third-order valence-electron chi connectivity index (χ3n) is 3.52. The van der Waals surface area contributed by atoms with E-state index in [1.54, 1.807) is 23.0 Å². The van der Waals surface area contributed by atoms with E-state index in [1.807, 2.05) is 30.5 Å². The van der Waals surface area contributed by atoms with E-state index in [0.717, 1.165) is 11.3 Å². The number of nitro benzene ring substituents is 1. The maximum absolute atomic E-state index is 10.7. The minimum Gasteiger partial charge on any atom is -0.332 e. The Morgan fingerprint density at radius 1 is 1.15 bits per heavy atom. The molecule has 3 aromatic rings. The number of benzene rings is 2. The maximum Gasteiger partial charge on any atom is 0.269 e. The highest BCUT2D eigenvalue weighted by molar-refractivity contribution is 7.80. The van der Waals surface area contributed by atoms with E-state index in [1.165, 1.54) is 12.1 Å². The fourth-order valence-corrected chi connectivity index (χ4v) is 2.71. The highest BCUT2D eigenvalue weighted by atomic mass is 35.5. The highest BCUT2D eigenvalue weighted by Gasteiger charge is 2.07. The van der Waals surface area contributed by atoms with Gasteiger partial charge in [-0.2, -0.15) is 5.10 Å². The number of nitro groups is 1. The zero-order chi connectivity index (χ0) is 18.5. The SMILES string of the molecule is O=[N+]([O-])c1ccc(NC(=S)Nc2cnn(Cc3ccccc3Cl)c2)cc1. The molecule has 1 heterocycles. The van der Waals surface area contributed by atoms with Crippen LogP contribution in [-0.2, 0) is 6.54 Å². The lowest BCUT2D eigenvalue weighted by Gasteiger charge is -2.08. The van der Waals surface area contributed by atoms with Crippen molar-refractivity contribution in [1.82, 2.24) is 9.78 Å². The second-order valence-corrected chi connectivity index (χ2v) is 6.22. The predicted octanol–water partition coefficient (Wildman–Crippen LogP) is 4.30. The van der Waals surface area contributed by atoms with Gasteiger partial charge in [0, 0.05) is 29.0 Å². The van der Waals surface area contributed by atoms with E-state index in [4.69, 9.17) is 23.8 Å². The lowest BCUT2D eigenvalue weighted by molar-refractivity contribution is -0.384. The number of nitrogens with zero attached hydrogens (tertiary/aromatic N) is 3. The smallest absolute Gasteiger partial charge is 0.269 e. The first-order chi connectivity index (χ1) is 12.5. The third-order valence-corrected chi connectivity index (χ3v) is 4.09. The first-order valence-corrected chi connectivity index (χ1v) is 8.38. The molecule has 0 amide bonds. The molecule has 2 N–H and O–H groups in total. The fourth-order valence-electron chi connectivity index (χ4n) is 2.28. The van der Waals surface area contributed by atoms with Gasteiger partial charge in [0.15, 0.2) is 5.11 Å². The van der Waals surface area contributed by atoms with Gasteiger partial charge in [0.2, 0.25) is 0 Å². The van der Waals surface area contributed by atoms with Crippen molar-refractivity contribution in [3.05, 3.63) is 81.6 Å². The molecule has 0 radical (unpaired) electrons. The molecule has 0 saturated heterocycles. The Balaban J connectivity index is 1.59. The minimum atomic E-state index is -0.451. The molecule has 0 bridgehead atoms. The van der Waals surface area contributed by atoms with Gasteiger partial charge in [-0.25, -0.2) is 0 Å². The van der Waals surface area contributed by atoms with Crippen LogP contribution in [0.5, 0.6) is 0 Å². The Hall–Kier alpha value is -2.97. The van der Waals surface area contributed by atoms with Crippen molar-refractivity contribution in [1.29, 1.82) is 0 Å². The van der Waals surface area contributed by atoms with Crippen LogP contribution >= 0.6 is 23.8 Å². The summed E-state index contributed by atoms with van der Waals surface area (Å²) in [6.07, 6.45) is 3.47. The van der Waals surface area contributed by atoms with E-state index >= 15 is 0 Å². The third kappa shape index (κ3) is 4.56. The van der Waals surface area contributed by atoms with Crippen LogP contribution in [0.4, 0.5) is 17.1 Å². The number of rotatable bonds is 5. The van der Waals surface area contributed by atoms with E-state index in [-0.39, 0.29) is 5.69 Å². The molecule has 0 fully saturated rings. The number of anilines is 2. The van der Waals surface area contributed by atoms with Gasteiger partial charge in [-0.15, -0.1) is 0 Å². The van der Waals surface area contributed by atoms with Gasteiger partial charge in [-0.1, -0.05) is 29.8 Å². The normalized spacial score (nSPS) is 10.3. The largest absolute Gasteiger partial charge is 0.332 e. The standard InChI is InChI=1S/C17H14ClN5O2S/c18-16-4-2-1-3-12(16)10-22-11-14(9-19-22)21-17(26)20-13-5-7-15(8-6-13)23(24)25/h1-9,11H,10H2,(H2,20,21,26). The Morgan fingerprint density at radius 3 is 2.54 bits per heavy atom. The zero-order valence-electron chi connectivity index (χ0n) is 13.4. The summed E-state index contributed by atoms with van der Waals surface area (Å²) >= 11 is 11.4. The number of non-ortho nitro benzene ring substituents is 1. The predicted molar refractivity (Wildman–Crippen MR) is 106 cm³/mol. The molecule has 7 nitrogen and oxygen atoms in total. The van der Waals surface area contributed by atoms with Gasteiger partial charge in [-0.05, 0) is 36.0 Å². The molecule has 9 heteroatoms. The van der Waals surface area contributed by atoms with E-state index in [0.29, 0.717) is 22.4 Å². The second kappa shape index (κ2) is 7.94. The zero-order valence-corrected chi connectivity index (χ0v) is 15.0. The topological polar surface area (TPSA) is 85.0 Å². The highest BCUT2D eigenvalue weighted by Crippen LogP contribution is 2.18. The number of thiocarbonyl (C=S) groups is 1. The van der Waals surface area contributed by atoms with E-state index in [9.17, 15) is 10.1 Å². The summed E-state index contributed by atoms with van der Waals surface area (Å²) in [5, 5.41) is 22.0. The Morgan fingerprint density at radius 2 is 1.85 bits per heavy atom. The van der Waals surface area contributed by atoms with E-state index in [2.05, 4.69) is 15.7 Å². The minimum absolute atomic E-state index is 0.0234. The molecular weight excluding hydrogens is 374 g/mol. The van der Waals surface area contributed by atoms with Gasteiger partial charge in [0.05, 0.1) is 23.4 Å². The molecule has 26 heavy (non-hydrogen) atoms. The monoisotopic (exact) mass is 387 g/mol. The summed E-state index contributed by atoms with van der Waals surface area (Å²) in [6, 6.07) is 13.6. The molecule has 132 valence electrons. The van der Waals surface area contributed by atoms with Gasteiger partial charge in [0.25, 0.3) is 5.69 Å². The van der Waals surface area contributed by atoms with Crippen LogP contribution in [0, 0.1) is 10.1 Å². The van der Waals surface area contributed by atoms with Crippen molar-refractivity contribution < 1.29 is 4.92 Å². The van der Waals surface area contributed by atoms with Crippen molar-refractivity contribution in [3.8, 4) is 0 Å². The van der Waals surface area contributed by atoms with Crippen LogP contribution in [0.3, 0.4) is 0 Å². The number of hydrogen-bond acceptors (Lipinski definition) is 4. The summed E-state index contributed by atoms with van der Waals surface area (Å²) in [4.78, 5) is 10.2. The molecule has 3 rings (SSSR count). The number of halogens is 1. The fraction of sp³-hybridized carbons (Fsp3) is 0.0588. The molecule has 2 aromatic carbocycles. The molecule has 0 aliphatic rings. The second-order valence-electron chi connectivity index (χ2n) is 5.40. The Kier molecular flexibility index (Phi) is 5.45. The molecule has 0 aliphatic heterocycles. The van der Waals surface area contributed by atoms with Crippen molar-refractivity contribution in [2.75, 3.05) is 10.6 Å². The summed E-state index contributed by atoms with van der Waals surface area (Å²) in [5.74, 6) is 0. The first-order valence-electron chi connectivity index (χ1n) is 7.59. The van der Waals surface area contributed by atoms with Crippen LogP contribution in [0.25, 0.3) is 0 Å². The van der Waals surface area contributed by atoms with Gasteiger partial charge < -0.3 is 10.6 Å². The van der Waals surface area contributed by atoms with Gasteiger partial charge in [0.1, 0.15) is 0 Å². The van der Waals surface area contributed by atoms with Gasteiger partial charge in [-0.3, -0.25) is 14.8 Å². The van der Waals surface area contributed by atoms with E-state index < -0.39 is 4.92 Å². The average Bonchev–Trinajstić information content (AvgIpc) is 3.04. The van der Waals surface area contributed by atoms with Crippen molar-refractivity contribution in [2.45, 2.75) is 6.54 Å². The quantitative estimate of drug-likeness (QED) is 0.385. The molecule has 0 saturated carbocycles. The van der Waals surface area contributed by atoms with Crippen LogP contribution in [0.2, 0.25) is 5.02 Å². The lowest BCUT2D eigenvalue weighted by atomic mass is 10.2. The number of hydrogen-bond donors (Lipinski definition) is 2. The molecule has 1 aromatic heterocycles. The van der Waals surface area contributed by atoms with Crippen molar-refractivity contribution in [3.63, 3.8) is 0 Å². The van der Waals surface area contributed by atoms with Crippen LogP contribution in [0.15, 0.2) is 60.9 Å². The Labute approximate surface area is 159 Å². The summed E-state index contributed by atoms with van der Waals surface area (Å²) in [7, 11) is 0. The average molecular weight is 388 g/mol. The maximum atomic E-state index is 10.7. The molecule has 0 spiro atoms. The summed E-state index contributed by atoms with van der Waals surface area (Å²) < 4.78 is 1.75. The molecular formula is C17H14ClN5O2S. The lowest BCUT2D eigenvalue weighted by Crippen LogP contribution is -2.18. The molecule has 0 aliphatic carbocycles. The van der Waals surface area contributed by atoms with Crippen LogP contribution < -0.4 is 10.6 Å². The van der Waals surface area contributed by atoms with Gasteiger partial charge >= 0.3 is 0 Å². The molecule has 0 atom stereocenters. The summed E-state index contributed by atoms with van der Waals surface area (Å²) in [6.45, 7) is 0.546. The molecule has 0 unspecified atom stereocenters. The number of aromatic nitrogens is 2. The number of nitrogens with one attached hydrogen (secondary N) is 2. The van der Waals surface area contributed by atoms with Crippen molar-refractivity contribution in [2.24, 2.45) is 0 Å². The summed E-state index contributed by atoms with van der Waals surface area (Å²) in [5.41, 5.74) is 2.36. The van der Waals surface area contributed by atoms with Crippen LogP contribution in [-0.4, -0.2) is 19.8 Å². The van der Waals surface area contributed by atoms with Crippen molar-refractivity contribution >= 4 is 46.0 Å². The Bertz CT molecular complexity index is 942. The van der Waals surface area contributed by atoms with Crippen LogP contribution in [0.1, 0.15) is 5.56 Å².